The number of benzene rings is 4. The van der Waals surface area contributed by atoms with Gasteiger partial charge in [0.05, 0.1) is 0 Å². The second kappa shape index (κ2) is 7.64. The van der Waals surface area contributed by atoms with Gasteiger partial charge in [0.1, 0.15) is 11.5 Å². The number of hydrogen-bond donors (Lipinski definition) is 1. The van der Waals surface area contributed by atoms with Crippen LogP contribution in [0.4, 0.5) is 0 Å². The zero-order valence-electron chi connectivity index (χ0n) is 15.2. The Kier molecular flexibility index (Phi) is 5.05. The Labute approximate surface area is 162 Å². The van der Waals surface area contributed by atoms with Crippen LogP contribution in [0.15, 0.2) is 84.9 Å². The Balaban J connectivity index is 1.51. The highest BCUT2D eigenvalue weighted by Crippen LogP contribution is 2.47. The van der Waals surface area contributed by atoms with Crippen LogP contribution < -0.4 is 9.26 Å². The van der Waals surface area contributed by atoms with Gasteiger partial charge in [0.25, 0.3) is 0 Å². The molecule has 2 unspecified atom stereocenters. The maximum atomic E-state index is 12.5. The molecule has 4 rings (SSSR count). The smallest absolute Gasteiger partial charge is 0.464 e. The Morgan fingerprint density at radius 2 is 1.25 bits per heavy atom. The van der Waals surface area contributed by atoms with Crippen molar-refractivity contribution in [2.24, 2.45) is 0 Å². The van der Waals surface area contributed by atoms with Crippen molar-refractivity contribution in [3.63, 3.8) is 0 Å². The molecule has 2 atom stereocenters. The fourth-order valence-corrected chi connectivity index (χ4v) is 3.98. The average Bonchev–Trinajstić information content (AvgIpc) is 2.68. The monoisotopic (exact) mass is 394 g/mol. The fourth-order valence-electron chi connectivity index (χ4n) is 3.11. The first kappa shape index (κ1) is 18.5. The maximum absolute atomic E-state index is 12.5. The van der Waals surface area contributed by atoms with E-state index in [4.69, 9.17) is 13.8 Å². The molecule has 6 heteroatoms. The van der Waals surface area contributed by atoms with Crippen molar-refractivity contribution in [1.82, 2.24) is 0 Å². The van der Waals surface area contributed by atoms with Gasteiger partial charge in [-0.05, 0) is 29.8 Å². The predicted molar refractivity (Wildman–Crippen MR) is 110 cm³/mol. The lowest BCUT2D eigenvalue weighted by molar-refractivity contribution is 0.00224. The summed E-state index contributed by atoms with van der Waals surface area (Å²) in [6, 6.07) is 26.1. The Hall–Kier alpha value is -2.85. The van der Waals surface area contributed by atoms with Gasteiger partial charge in [-0.25, -0.2) is 9.09 Å². The van der Waals surface area contributed by atoms with Crippen LogP contribution in [0.2, 0.25) is 0 Å². The van der Waals surface area contributed by atoms with Crippen molar-refractivity contribution in [1.29, 1.82) is 0 Å². The summed E-state index contributed by atoms with van der Waals surface area (Å²) >= 11 is 0. The standard InChI is InChI=1S/C22H19O5P/c1-16(25-21-14-6-10-17-8-2-4-12-19(17)21)26-28(23,24)27-22-15-7-11-18-9-3-5-13-20(18)22/h2-16H,1H3,(H,23,24). The molecule has 0 aliphatic rings. The molecule has 4 aromatic carbocycles. The molecule has 142 valence electrons. The lowest BCUT2D eigenvalue weighted by Gasteiger charge is -2.20. The minimum atomic E-state index is -4.40. The van der Waals surface area contributed by atoms with Crippen molar-refractivity contribution < 1.29 is 23.2 Å². The van der Waals surface area contributed by atoms with Crippen LogP contribution >= 0.6 is 7.82 Å². The fraction of sp³-hybridized carbons (Fsp3) is 0.0909. The molecule has 0 spiro atoms. The molecule has 0 aromatic heterocycles. The van der Waals surface area contributed by atoms with Crippen LogP contribution in [0.1, 0.15) is 6.92 Å². The highest BCUT2D eigenvalue weighted by atomic mass is 31.2. The van der Waals surface area contributed by atoms with E-state index in [2.05, 4.69) is 0 Å². The summed E-state index contributed by atoms with van der Waals surface area (Å²) in [5.41, 5.74) is 0. The van der Waals surface area contributed by atoms with Crippen LogP contribution in [0.3, 0.4) is 0 Å². The zero-order valence-corrected chi connectivity index (χ0v) is 16.1. The molecule has 1 N–H and O–H groups in total. The third kappa shape index (κ3) is 4.02. The van der Waals surface area contributed by atoms with E-state index in [1.54, 1.807) is 25.1 Å². The van der Waals surface area contributed by atoms with Gasteiger partial charge in [0.2, 0.25) is 6.29 Å². The first-order chi connectivity index (χ1) is 13.5. The lowest BCUT2D eigenvalue weighted by Crippen LogP contribution is -2.16. The van der Waals surface area contributed by atoms with Crippen molar-refractivity contribution in [3.8, 4) is 11.5 Å². The van der Waals surface area contributed by atoms with Crippen LogP contribution in [-0.2, 0) is 9.09 Å². The molecular formula is C22H19O5P. The van der Waals surface area contributed by atoms with E-state index in [9.17, 15) is 9.46 Å². The van der Waals surface area contributed by atoms with E-state index in [0.29, 0.717) is 5.75 Å². The van der Waals surface area contributed by atoms with Crippen LogP contribution in [-0.4, -0.2) is 11.2 Å². The molecule has 0 bridgehead atoms. The summed E-state index contributed by atoms with van der Waals surface area (Å²) < 4.78 is 28.8. The van der Waals surface area contributed by atoms with E-state index >= 15 is 0 Å². The number of phosphoric ester groups is 1. The molecule has 4 aromatic rings. The van der Waals surface area contributed by atoms with Crippen molar-refractivity contribution in [2.45, 2.75) is 13.2 Å². The van der Waals surface area contributed by atoms with E-state index < -0.39 is 14.1 Å². The van der Waals surface area contributed by atoms with E-state index in [1.807, 2.05) is 66.7 Å². The topological polar surface area (TPSA) is 65.0 Å². The van der Waals surface area contributed by atoms with Crippen LogP contribution in [0, 0.1) is 0 Å². The Morgan fingerprint density at radius 3 is 1.89 bits per heavy atom. The van der Waals surface area contributed by atoms with E-state index in [-0.39, 0.29) is 5.75 Å². The van der Waals surface area contributed by atoms with Crippen molar-refractivity contribution in [2.75, 3.05) is 0 Å². The van der Waals surface area contributed by atoms with Crippen molar-refractivity contribution >= 4 is 29.4 Å². The summed E-state index contributed by atoms with van der Waals surface area (Å²) in [6.45, 7) is 1.55. The number of ether oxygens (including phenoxy) is 1. The molecule has 0 radical (unpaired) electrons. The molecule has 28 heavy (non-hydrogen) atoms. The highest BCUT2D eigenvalue weighted by Gasteiger charge is 2.28. The Morgan fingerprint density at radius 1 is 0.750 bits per heavy atom. The first-order valence-electron chi connectivity index (χ1n) is 8.85. The molecule has 0 heterocycles. The highest BCUT2D eigenvalue weighted by molar-refractivity contribution is 7.47. The second-order valence-corrected chi connectivity index (χ2v) is 7.64. The number of rotatable bonds is 6. The molecule has 5 nitrogen and oxygen atoms in total. The van der Waals surface area contributed by atoms with Gasteiger partial charge in [-0.15, -0.1) is 0 Å². The molecule has 0 saturated carbocycles. The zero-order chi connectivity index (χ0) is 19.6. The van der Waals surface area contributed by atoms with Gasteiger partial charge < -0.3 is 9.26 Å². The van der Waals surface area contributed by atoms with Gasteiger partial charge in [-0.1, -0.05) is 72.8 Å². The molecule has 0 aliphatic heterocycles. The first-order valence-corrected chi connectivity index (χ1v) is 10.3. The number of phosphoric acid groups is 1. The minimum absolute atomic E-state index is 0.279. The van der Waals surface area contributed by atoms with Gasteiger partial charge in [0.15, 0.2) is 0 Å². The van der Waals surface area contributed by atoms with Gasteiger partial charge in [0, 0.05) is 10.8 Å². The summed E-state index contributed by atoms with van der Waals surface area (Å²) in [5, 5.41) is 3.53. The largest absolute Gasteiger partial charge is 0.530 e. The molecule has 0 fully saturated rings. The van der Waals surface area contributed by atoms with Gasteiger partial charge in [-0.2, -0.15) is 0 Å². The second-order valence-electron chi connectivity index (χ2n) is 6.31. The predicted octanol–water partition coefficient (Wildman–Crippen LogP) is 5.91. The number of fused-ring (bicyclic) bond motifs is 2. The average molecular weight is 394 g/mol. The summed E-state index contributed by atoms with van der Waals surface area (Å²) in [6.07, 6.45) is -0.989. The Bertz CT molecular complexity index is 1160. The SMILES string of the molecule is CC(Oc1cccc2ccccc12)OP(=O)(O)Oc1cccc2ccccc12. The summed E-state index contributed by atoms with van der Waals surface area (Å²) in [7, 11) is -4.40. The molecule has 0 aliphatic carbocycles. The van der Waals surface area contributed by atoms with E-state index in [1.165, 1.54) is 0 Å². The maximum Gasteiger partial charge on any atom is 0.530 e. The molecule has 0 saturated heterocycles. The third-order valence-corrected chi connectivity index (χ3v) is 5.28. The summed E-state index contributed by atoms with van der Waals surface area (Å²) in [4.78, 5) is 10.2. The molecular weight excluding hydrogens is 375 g/mol. The number of hydrogen-bond acceptors (Lipinski definition) is 4. The third-order valence-electron chi connectivity index (χ3n) is 4.29. The van der Waals surface area contributed by atoms with Crippen LogP contribution in [0.25, 0.3) is 21.5 Å². The quantitative estimate of drug-likeness (QED) is 0.325. The normalized spacial score (nSPS) is 14.5. The van der Waals surface area contributed by atoms with Gasteiger partial charge in [-0.3, -0.25) is 4.89 Å². The van der Waals surface area contributed by atoms with Crippen molar-refractivity contribution in [3.05, 3.63) is 84.9 Å². The molecule has 0 amide bonds. The minimum Gasteiger partial charge on any atom is -0.464 e. The lowest BCUT2D eigenvalue weighted by atomic mass is 10.1. The van der Waals surface area contributed by atoms with Crippen LogP contribution in [0.5, 0.6) is 11.5 Å². The van der Waals surface area contributed by atoms with E-state index in [0.717, 1.165) is 21.5 Å². The van der Waals surface area contributed by atoms with Gasteiger partial charge >= 0.3 is 7.82 Å². The summed E-state index contributed by atoms with van der Waals surface area (Å²) in [5.74, 6) is 0.844.